The van der Waals surface area contributed by atoms with Crippen LogP contribution in [0.25, 0.3) is 21.9 Å². The average molecular weight is 396 g/mol. The molecule has 0 bridgehead atoms. The second-order valence-corrected chi connectivity index (χ2v) is 10.2. The Morgan fingerprint density at radius 2 is 1.47 bits per heavy atom. The Labute approximate surface area is 178 Å². The normalized spacial score (nSPS) is 32.1. The zero-order chi connectivity index (χ0) is 19.9. The van der Waals surface area contributed by atoms with Gasteiger partial charge in [-0.05, 0) is 97.2 Å². The Morgan fingerprint density at radius 3 is 2.23 bits per heavy atom. The summed E-state index contributed by atoms with van der Waals surface area (Å²) in [5.74, 6) is 2.02. The Hall–Kier alpha value is -2.32. The van der Waals surface area contributed by atoms with Crippen LogP contribution in [0, 0.1) is 11.8 Å². The molecule has 152 valence electrons. The number of hydrogen-bond acceptors (Lipinski definition) is 2. The zero-order valence-corrected chi connectivity index (χ0v) is 17.5. The summed E-state index contributed by atoms with van der Waals surface area (Å²) in [6.07, 6.45) is 7.93. The lowest BCUT2D eigenvalue weighted by Crippen LogP contribution is -2.58. The maximum atomic E-state index is 11.0. The van der Waals surface area contributed by atoms with E-state index in [1.165, 1.54) is 79.3 Å². The number of phenols is 1. The highest BCUT2D eigenvalue weighted by atomic mass is 16.3. The van der Waals surface area contributed by atoms with Gasteiger partial charge in [-0.2, -0.15) is 0 Å². The molecule has 0 radical (unpaired) electrons. The van der Waals surface area contributed by atoms with E-state index in [0.29, 0.717) is 5.75 Å². The molecule has 3 fully saturated rings. The summed E-state index contributed by atoms with van der Waals surface area (Å²) in [7, 11) is 0. The molecule has 7 rings (SSSR count). The van der Waals surface area contributed by atoms with Crippen LogP contribution in [0.15, 0.2) is 54.6 Å². The molecular weight excluding hydrogens is 366 g/mol. The first-order chi connectivity index (χ1) is 14.8. The van der Waals surface area contributed by atoms with Gasteiger partial charge in [0.25, 0.3) is 0 Å². The quantitative estimate of drug-likeness (QED) is 0.497. The van der Waals surface area contributed by atoms with Gasteiger partial charge in [0.1, 0.15) is 5.75 Å². The van der Waals surface area contributed by atoms with Crippen molar-refractivity contribution in [3.05, 3.63) is 65.7 Å². The number of fused-ring (bicyclic) bond motifs is 7. The Morgan fingerprint density at radius 1 is 0.800 bits per heavy atom. The first kappa shape index (κ1) is 17.4. The van der Waals surface area contributed by atoms with Gasteiger partial charge in [0.05, 0.1) is 0 Å². The number of rotatable bonds is 0. The fourth-order valence-electron chi connectivity index (χ4n) is 8.00. The molecule has 2 nitrogen and oxygen atoms in total. The smallest absolute Gasteiger partial charge is 0.123 e. The monoisotopic (exact) mass is 395 g/mol. The minimum absolute atomic E-state index is 0.0691. The van der Waals surface area contributed by atoms with Crippen LogP contribution in [0.2, 0.25) is 0 Å². The fraction of sp³-hybridized carbons (Fsp3) is 0.429. The molecule has 3 aromatic carbocycles. The van der Waals surface area contributed by atoms with Gasteiger partial charge in [0, 0.05) is 16.8 Å². The van der Waals surface area contributed by atoms with Crippen molar-refractivity contribution in [2.75, 3.05) is 13.1 Å². The van der Waals surface area contributed by atoms with E-state index in [1.807, 2.05) is 6.07 Å². The van der Waals surface area contributed by atoms with Gasteiger partial charge >= 0.3 is 0 Å². The van der Waals surface area contributed by atoms with Gasteiger partial charge in [-0.1, -0.05) is 48.5 Å². The summed E-state index contributed by atoms with van der Waals surface area (Å²) in [6, 6.07) is 20.5. The molecule has 2 saturated heterocycles. The standard InChI is InChI=1S/C28H29NO/c30-25-15-24-26(21-10-2-1-9-20(21)25)22-11-3-4-12-23(22)28(24)16-18-7-5-13-29-14-6-8-19(17-28)27(18)29/h1-4,9-12,15,18-19,27,30H,5-8,13-14,16-17H2. The van der Waals surface area contributed by atoms with Gasteiger partial charge in [-0.15, -0.1) is 0 Å². The first-order valence-corrected chi connectivity index (χ1v) is 11.9. The van der Waals surface area contributed by atoms with Crippen molar-refractivity contribution in [2.24, 2.45) is 11.8 Å². The molecule has 0 aromatic heterocycles. The number of phenolic OH excluding ortho intramolecular Hbond substituents is 1. The Kier molecular flexibility index (Phi) is 3.54. The molecule has 2 unspecified atom stereocenters. The molecule has 2 heterocycles. The maximum Gasteiger partial charge on any atom is 0.123 e. The number of benzene rings is 3. The molecule has 2 heteroatoms. The molecule has 1 spiro atoms. The van der Waals surface area contributed by atoms with Crippen LogP contribution < -0.4 is 0 Å². The fourth-order valence-corrected chi connectivity index (χ4v) is 8.00. The highest BCUT2D eigenvalue weighted by molar-refractivity contribution is 6.05. The van der Waals surface area contributed by atoms with E-state index < -0.39 is 0 Å². The summed E-state index contributed by atoms with van der Waals surface area (Å²) in [4.78, 5) is 2.83. The molecule has 2 atom stereocenters. The van der Waals surface area contributed by atoms with E-state index in [-0.39, 0.29) is 5.41 Å². The van der Waals surface area contributed by atoms with Crippen molar-refractivity contribution in [2.45, 2.75) is 50.0 Å². The molecule has 2 aliphatic heterocycles. The van der Waals surface area contributed by atoms with E-state index in [9.17, 15) is 5.11 Å². The number of piperidine rings is 2. The van der Waals surface area contributed by atoms with Crippen LogP contribution in [0.5, 0.6) is 5.75 Å². The predicted octanol–water partition coefficient (Wildman–Crippen LogP) is 6.10. The van der Waals surface area contributed by atoms with Crippen LogP contribution in [-0.4, -0.2) is 29.1 Å². The third kappa shape index (κ3) is 2.13. The van der Waals surface area contributed by atoms with E-state index in [1.54, 1.807) is 0 Å². The third-order valence-corrected chi connectivity index (χ3v) is 8.90. The van der Waals surface area contributed by atoms with Gasteiger partial charge in [-0.25, -0.2) is 0 Å². The summed E-state index contributed by atoms with van der Waals surface area (Å²) < 4.78 is 0. The summed E-state index contributed by atoms with van der Waals surface area (Å²) in [5.41, 5.74) is 5.80. The second kappa shape index (κ2) is 6.11. The van der Waals surface area contributed by atoms with Crippen LogP contribution in [0.4, 0.5) is 0 Å². The van der Waals surface area contributed by atoms with Crippen LogP contribution in [0.3, 0.4) is 0 Å². The largest absolute Gasteiger partial charge is 0.507 e. The third-order valence-electron chi connectivity index (χ3n) is 8.90. The van der Waals surface area contributed by atoms with E-state index in [0.717, 1.165) is 23.3 Å². The Bertz CT molecular complexity index is 1140. The Balaban J connectivity index is 1.50. The van der Waals surface area contributed by atoms with Crippen LogP contribution in [-0.2, 0) is 5.41 Å². The highest BCUT2D eigenvalue weighted by Gasteiger charge is 2.54. The van der Waals surface area contributed by atoms with Crippen LogP contribution >= 0.6 is 0 Å². The molecule has 4 aliphatic rings. The molecule has 1 saturated carbocycles. The first-order valence-electron chi connectivity index (χ1n) is 11.9. The predicted molar refractivity (Wildman–Crippen MR) is 122 cm³/mol. The molecular formula is C28H29NO. The second-order valence-electron chi connectivity index (χ2n) is 10.2. The van der Waals surface area contributed by atoms with Crippen molar-refractivity contribution in [1.82, 2.24) is 4.90 Å². The van der Waals surface area contributed by atoms with E-state index in [2.05, 4.69) is 53.4 Å². The lowest BCUT2D eigenvalue weighted by atomic mass is 9.56. The van der Waals surface area contributed by atoms with Gasteiger partial charge in [-0.3, -0.25) is 4.90 Å². The van der Waals surface area contributed by atoms with Crippen molar-refractivity contribution < 1.29 is 5.11 Å². The molecule has 1 N–H and O–H groups in total. The summed E-state index contributed by atoms with van der Waals surface area (Å²) in [6.45, 7) is 2.62. The SMILES string of the molecule is Oc1cc2c(c3ccccc13)-c1ccccc1C21CC2CCCN3CCCC(C1)C23. The summed E-state index contributed by atoms with van der Waals surface area (Å²) >= 11 is 0. The molecule has 30 heavy (non-hydrogen) atoms. The van der Waals surface area contributed by atoms with E-state index >= 15 is 0 Å². The highest BCUT2D eigenvalue weighted by Crippen LogP contribution is 2.62. The van der Waals surface area contributed by atoms with Crippen molar-refractivity contribution in [3.8, 4) is 16.9 Å². The molecule has 3 aromatic rings. The van der Waals surface area contributed by atoms with Crippen molar-refractivity contribution in [1.29, 1.82) is 0 Å². The number of aromatic hydroxyl groups is 1. The maximum absolute atomic E-state index is 11.0. The minimum Gasteiger partial charge on any atom is -0.507 e. The number of nitrogens with zero attached hydrogens (tertiary/aromatic N) is 1. The van der Waals surface area contributed by atoms with Gasteiger partial charge in [0.15, 0.2) is 0 Å². The van der Waals surface area contributed by atoms with Crippen molar-refractivity contribution in [3.63, 3.8) is 0 Å². The van der Waals surface area contributed by atoms with Gasteiger partial charge in [0.2, 0.25) is 0 Å². The summed E-state index contributed by atoms with van der Waals surface area (Å²) in [5, 5.41) is 13.2. The van der Waals surface area contributed by atoms with E-state index in [4.69, 9.17) is 0 Å². The van der Waals surface area contributed by atoms with Crippen molar-refractivity contribution >= 4 is 10.8 Å². The lowest BCUT2D eigenvalue weighted by Gasteiger charge is -2.56. The molecule has 0 amide bonds. The zero-order valence-electron chi connectivity index (χ0n) is 17.5. The number of hydrogen-bond donors (Lipinski definition) is 1. The minimum atomic E-state index is 0.0691. The van der Waals surface area contributed by atoms with Crippen LogP contribution in [0.1, 0.15) is 49.7 Å². The lowest BCUT2D eigenvalue weighted by molar-refractivity contribution is -0.0304. The van der Waals surface area contributed by atoms with Gasteiger partial charge < -0.3 is 5.11 Å². The topological polar surface area (TPSA) is 23.5 Å². The average Bonchev–Trinajstić information content (AvgIpc) is 3.04. The molecule has 2 aliphatic carbocycles.